The first-order valence-corrected chi connectivity index (χ1v) is 10.2. The summed E-state index contributed by atoms with van der Waals surface area (Å²) in [6.07, 6.45) is 2.33. The Kier molecular flexibility index (Phi) is 5.92. The Morgan fingerprint density at radius 1 is 1.30 bits per heavy atom. The molecule has 5 heteroatoms. The molecule has 27 heavy (non-hydrogen) atoms. The van der Waals surface area contributed by atoms with Gasteiger partial charge in [-0.1, -0.05) is 32.9 Å². The van der Waals surface area contributed by atoms with Crippen LogP contribution in [0, 0.1) is 17.7 Å². The van der Waals surface area contributed by atoms with Gasteiger partial charge in [0.05, 0.1) is 0 Å². The highest BCUT2D eigenvalue weighted by Gasteiger charge is 2.51. The zero-order valence-corrected chi connectivity index (χ0v) is 17.0. The molecule has 150 valence electrons. The van der Waals surface area contributed by atoms with Crippen LogP contribution < -0.4 is 0 Å². The zero-order chi connectivity index (χ0) is 19.8. The van der Waals surface area contributed by atoms with Crippen LogP contribution in [0.5, 0.6) is 0 Å². The molecule has 0 bridgehead atoms. The quantitative estimate of drug-likeness (QED) is 0.848. The van der Waals surface area contributed by atoms with E-state index in [1.807, 2.05) is 19.9 Å². The smallest absolute Gasteiger partial charge is 0.321 e. The van der Waals surface area contributed by atoms with Crippen LogP contribution in [-0.4, -0.2) is 58.6 Å². The normalized spacial score (nSPS) is 29.3. The second kappa shape index (κ2) is 7.88. The van der Waals surface area contributed by atoms with E-state index in [0.29, 0.717) is 13.1 Å². The average Bonchev–Trinajstić information content (AvgIpc) is 2.93. The van der Waals surface area contributed by atoms with Crippen LogP contribution >= 0.6 is 0 Å². The predicted molar refractivity (Wildman–Crippen MR) is 105 cm³/mol. The molecule has 0 spiro atoms. The van der Waals surface area contributed by atoms with Crippen molar-refractivity contribution in [2.45, 2.75) is 58.0 Å². The molecule has 2 aliphatic rings. The van der Waals surface area contributed by atoms with Crippen LogP contribution in [0.15, 0.2) is 24.3 Å². The summed E-state index contributed by atoms with van der Waals surface area (Å²) in [4.78, 5) is 16.6. The van der Waals surface area contributed by atoms with Crippen molar-refractivity contribution in [3.63, 3.8) is 0 Å². The molecule has 2 aliphatic heterocycles. The highest BCUT2D eigenvalue weighted by atomic mass is 19.1. The average molecular weight is 377 g/mol. The number of hydrogen-bond donors (Lipinski definition) is 1. The van der Waals surface area contributed by atoms with Crippen LogP contribution in [-0.2, 0) is 4.79 Å². The lowest BCUT2D eigenvalue weighted by Crippen LogP contribution is -2.55. The Morgan fingerprint density at radius 2 is 1.96 bits per heavy atom. The van der Waals surface area contributed by atoms with Gasteiger partial charge in [-0.25, -0.2) is 4.39 Å². The molecule has 3 atom stereocenters. The lowest BCUT2D eigenvalue weighted by molar-refractivity contribution is -0.144. The van der Waals surface area contributed by atoms with E-state index in [2.05, 4.69) is 23.6 Å². The van der Waals surface area contributed by atoms with Crippen molar-refractivity contribution in [3.8, 4) is 0 Å². The van der Waals surface area contributed by atoms with E-state index in [0.717, 1.165) is 37.4 Å². The van der Waals surface area contributed by atoms with Crippen molar-refractivity contribution in [3.05, 3.63) is 35.6 Å². The number of aliphatic carboxylic acids is 1. The number of hydrogen-bond acceptors (Lipinski definition) is 3. The first kappa shape index (κ1) is 20.3. The van der Waals surface area contributed by atoms with Gasteiger partial charge in [0.2, 0.25) is 0 Å². The maximum absolute atomic E-state index is 14.0. The predicted octanol–water partition coefficient (Wildman–Crippen LogP) is 3.82. The SMILES string of the molecule is CC1CCN(C2(C)CN(C(C(=O)O)C(C)C)CC2c2cccc(F)c2)CC1. The summed E-state index contributed by atoms with van der Waals surface area (Å²) in [5.41, 5.74) is 0.794. The number of rotatable bonds is 5. The Hall–Kier alpha value is -1.46. The fourth-order valence-electron chi connectivity index (χ4n) is 5.12. The van der Waals surface area contributed by atoms with Gasteiger partial charge in [-0.15, -0.1) is 0 Å². The van der Waals surface area contributed by atoms with Gasteiger partial charge < -0.3 is 5.11 Å². The molecule has 0 aromatic heterocycles. The topological polar surface area (TPSA) is 43.8 Å². The van der Waals surface area contributed by atoms with Crippen molar-refractivity contribution in [2.24, 2.45) is 11.8 Å². The van der Waals surface area contributed by atoms with Crippen LogP contribution in [0.25, 0.3) is 0 Å². The van der Waals surface area contributed by atoms with Gasteiger partial charge in [0.25, 0.3) is 0 Å². The third-order valence-corrected chi connectivity index (χ3v) is 6.73. The van der Waals surface area contributed by atoms with Crippen LogP contribution in [0.4, 0.5) is 4.39 Å². The summed E-state index contributed by atoms with van der Waals surface area (Å²) in [6, 6.07) is 6.36. The summed E-state index contributed by atoms with van der Waals surface area (Å²) in [5.74, 6) is -0.127. The standard InChI is InChI=1S/C22H33FN2O2/c1-15(2)20(21(26)27)24-13-19(17-6-5-7-18(23)12-17)22(4,14-24)25-10-8-16(3)9-11-25/h5-7,12,15-16,19-20H,8-11,13-14H2,1-4H3,(H,26,27). The maximum Gasteiger partial charge on any atom is 0.321 e. The minimum atomic E-state index is -0.764. The first-order chi connectivity index (χ1) is 12.7. The molecule has 1 aromatic rings. The third-order valence-electron chi connectivity index (χ3n) is 6.73. The van der Waals surface area contributed by atoms with Crippen molar-refractivity contribution >= 4 is 5.97 Å². The molecule has 0 radical (unpaired) electrons. The van der Waals surface area contributed by atoms with Gasteiger partial charge in [0, 0.05) is 24.5 Å². The molecule has 0 aliphatic carbocycles. The van der Waals surface area contributed by atoms with E-state index in [4.69, 9.17) is 0 Å². The first-order valence-electron chi connectivity index (χ1n) is 10.2. The minimum absolute atomic E-state index is 0.0272. The Bertz CT molecular complexity index is 672. The molecule has 2 saturated heterocycles. The van der Waals surface area contributed by atoms with E-state index >= 15 is 0 Å². The van der Waals surface area contributed by atoms with E-state index in [1.54, 1.807) is 12.1 Å². The third kappa shape index (κ3) is 4.04. The Morgan fingerprint density at radius 3 is 2.52 bits per heavy atom. The lowest BCUT2D eigenvalue weighted by atomic mass is 9.80. The summed E-state index contributed by atoms with van der Waals surface area (Å²) in [6.45, 7) is 11.9. The lowest BCUT2D eigenvalue weighted by Gasteiger charge is -2.46. The van der Waals surface area contributed by atoms with Crippen molar-refractivity contribution in [2.75, 3.05) is 26.2 Å². The number of carbonyl (C=O) groups is 1. The molecular weight excluding hydrogens is 343 g/mol. The number of halogens is 1. The van der Waals surface area contributed by atoms with Gasteiger partial charge in [-0.05, 0) is 62.4 Å². The summed E-state index contributed by atoms with van der Waals surface area (Å²) >= 11 is 0. The number of carboxylic acid groups (broad SMARTS) is 1. The van der Waals surface area contributed by atoms with Gasteiger partial charge >= 0.3 is 5.97 Å². The molecule has 2 fully saturated rings. The van der Waals surface area contributed by atoms with Crippen molar-refractivity contribution in [1.82, 2.24) is 9.80 Å². The number of carboxylic acids is 1. The maximum atomic E-state index is 14.0. The number of likely N-dealkylation sites (tertiary alicyclic amines) is 2. The van der Waals surface area contributed by atoms with Gasteiger partial charge in [0.1, 0.15) is 11.9 Å². The molecule has 3 unspecified atom stereocenters. The minimum Gasteiger partial charge on any atom is -0.480 e. The van der Waals surface area contributed by atoms with E-state index in [1.165, 1.54) is 6.07 Å². The molecular formula is C22H33FN2O2. The molecule has 2 heterocycles. The molecule has 3 rings (SSSR count). The van der Waals surface area contributed by atoms with Gasteiger partial charge in [-0.2, -0.15) is 0 Å². The number of benzene rings is 1. The molecule has 1 N–H and O–H groups in total. The van der Waals surface area contributed by atoms with Crippen LogP contribution in [0.1, 0.15) is 52.0 Å². The van der Waals surface area contributed by atoms with Crippen LogP contribution in [0.3, 0.4) is 0 Å². The van der Waals surface area contributed by atoms with E-state index in [-0.39, 0.29) is 23.2 Å². The fraction of sp³-hybridized carbons (Fsp3) is 0.682. The van der Waals surface area contributed by atoms with Crippen LogP contribution in [0.2, 0.25) is 0 Å². The van der Waals surface area contributed by atoms with Crippen molar-refractivity contribution in [1.29, 1.82) is 0 Å². The molecule has 0 saturated carbocycles. The molecule has 1 aromatic carbocycles. The number of nitrogens with zero attached hydrogens (tertiary/aromatic N) is 2. The highest BCUT2D eigenvalue weighted by molar-refractivity contribution is 5.74. The second-order valence-electron chi connectivity index (χ2n) is 9.09. The monoisotopic (exact) mass is 376 g/mol. The Balaban J connectivity index is 1.95. The van der Waals surface area contributed by atoms with Gasteiger partial charge in [0.15, 0.2) is 0 Å². The van der Waals surface area contributed by atoms with E-state index < -0.39 is 12.0 Å². The number of piperidine rings is 1. The fourth-order valence-corrected chi connectivity index (χ4v) is 5.12. The van der Waals surface area contributed by atoms with Gasteiger partial charge in [-0.3, -0.25) is 14.6 Å². The Labute approximate surface area is 162 Å². The summed E-state index contributed by atoms with van der Waals surface area (Å²) in [7, 11) is 0. The molecule has 0 amide bonds. The van der Waals surface area contributed by atoms with E-state index in [9.17, 15) is 14.3 Å². The largest absolute Gasteiger partial charge is 0.480 e. The summed E-state index contributed by atoms with van der Waals surface area (Å²) in [5, 5.41) is 9.81. The zero-order valence-electron chi connectivity index (χ0n) is 17.0. The second-order valence-corrected chi connectivity index (χ2v) is 9.09. The summed E-state index contributed by atoms with van der Waals surface area (Å²) < 4.78 is 14.0. The molecule has 4 nitrogen and oxygen atoms in total. The highest BCUT2D eigenvalue weighted by Crippen LogP contribution is 2.43. The van der Waals surface area contributed by atoms with Crippen molar-refractivity contribution < 1.29 is 14.3 Å².